The zero-order chi connectivity index (χ0) is 25.3. The Kier molecular flexibility index (Phi) is 6.36. The molecular weight excluding hydrogens is 460 g/mol. The molecule has 2 aliphatic heterocycles. The first kappa shape index (κ1) is 25.3. The van der Waals surface area contributed by atoms with Gasteiger partial charge in [-0.05, 0) is 92.4 Å². The van der Waals surface area contributed by atoms with Crippen LogP contribution in [0, 0.1) is 34.5 Å². The summed E-state index contributed by atoms with van der Waals surface area (Å²) in [6.07, 6.45) is 10.7. The molecule has 1 saturated heterocycles. The summed E-state index contributed by atoms with van der Waals surface area (Å²) >= 11 is 0. The van der Waals surface area contributed by atoms with Gasteiger partial charge in [0.05, 0.1) is 24.4 Å². The summed E-state index contributed by atoms with van der Waals surface area (Å²) in [7, 11) is 1.63. The number of esters is 1. The summed E-state index contributed by atoms with van der Waals surface area (Å²) in [4.78, 5) is 11.8. The summed E-state index contributed by atoms with van der Waals surface area (Å²) in [5, 5.41) is 22.4. The number of carbonyl (C=O) groups excluding carboxylic acids is 1. The zero-order valence-corrected chi connectivity index (χ0v) is 22.1. The average Bonchev–Trinajstić information content (AvgIpc) is 3.40. The van der Waals surface area contributed by atoms with Crippen LogP contribution in [0.4, 0.5) is 0 Å². The molecule has 202 valence electrons. The van der Waals surface area contributed by atoms with Crippen molar-refractivity contribution in [2.75, 3.05) is 20.3 Å². The van der Waals surface area contributed by atoms with Gasteiger partial charge in [0.2, 0.25) is 0 Å². The number of ether oxygens (including phenoxy) is 4. The summed E-state index contributed by atoms with van der Waals surface area (Å²) in [5.74, 6) is 1.47. The summed E-state index contributed by atoms with van der Waals surface area (Å²) in [5.41, 5.74) is 0.476. The van der Waals surface area contributed by atoms with Crippen molar-refractivity contribution in [2.45, 2.75) is 108 Å². The fourth-order valence-electron chi connectivity index (χ4n) is 9.78. The van der Waals surface area contributed by atoms with Crippen LogP contribution in [-0.2, 0) is 23.7 Å². The summed E-state index contributed by atoms with van der Waals surface area (Å²) < 4.78 is 22.9. The molecule has 2 heterocycles. The minimum absolute atomic E-state index is 0.178. The quantitative estimate of drug-likeness (QED) is 0.445. The van der Waals surface area contributed by atoms with E-state index in [1.807, 2.05) is 0 Å². The minimum atomic E-state index is -0.666. The van der Waals surface area contributed by atoms with Crippen molar-refractivity contribution < 1.29 is 34.0 Å². The van der Waals surface area contributed by atoms with Gasteiger partial charge in [-0.1, -0.05) is 13.8 Å². The van der Waals surface area contributed by atoms with Gasteiger partial charge in [-0.3, -0.25) is 0 Å². The Bertz CT molecular complexity index is 904. The van der Waals surface area contributed by atoms with E-state index in [1.165, 1.54) is 0 Å². The zero-order valence-electron chi connectivity index (χ0n) is 22.1. The van der Waals surface area contributed by atoms with E-state index >= 15 is 0 Å². The number of carbonyl (C=O) groups is 1. The van der Waals surface area contributed by atoms with Gasteiger partial charge in [-0.15, -0.1) is 0 Å². The molecule has 0 aromatic rings. The highest BCUT2D eigenvalue weighted by Crippen LogP contribution is 2.70. The molecule has 6 rings (SSSR count). The lowest BCUT2D eigenvalue weighted by Crippen LogP contribution is -2.62. The smallest absolute Gasteiger partial charge is 0.331 e. The number of aliphatic hydroxyl groups excluding tert-OH is 1. The average molecular weight is 505 g/mol. The Hall–Kier alpha value is -0.990. The van der Waals surface area contributed by atoms with Crippen molar-refractivity contribution in [1.29, 1.82) is 0 Å². The lowest BCUT2D eigenvalue weighted by Gasteiger charge is -2.63. The molecule has 7 nitrogen and oxygen atoms in total. The number of hydrogen-bond donors (Lipinski definition) is 2. The first-order valence-corrected chi connectivity index (χ1v) is 14.3. The Morgan fingerprint density at radius 3 is 2.61 bits per heavy atom. The third-order valence-electron chi connectivity index (χ3n) is 11.9. The molecule has 6 aliphatic rings. The van der Waals surface area contributed by atoms with Crippen LogP contribution in [-0.4, -0.2) is 66.7 Å². The molecule has 2 N–H and O–H groups in total. The van der Waals surface area contributed by atoms with Gasteiger partial charge in [-0.25, -0.2) is 4.79 Å². The molecule has 0 aromatic heterocycles. The molecule has 0 spiro atoms. The number of rotatable bonds is 4. The normalized spacial score (nSPS) is 52.7. The van der Waals surface area contributed by atoms with Crippen molar-refractivity contribution in [3.8, 4) is 0 Å². The van der Waals surface area contributed by atoms with Gasteiger partial charge >= 0.3 is 5.97 Å². The van der Waals surface area contributed by atoms with E-state index in [1.54, 1.807) is 13.2 Å². The molecule has 4 aliphatic carbocycles. The van der Waals surface area contributed by atoms with Gasteiger partial charge in [0, 0.05) is 25.0 Å². The molecule has 0 aromatic carbocycles. The third-order valence-corrected chi connectivity index (χ3v) is 11.9. The maximum atomic E-state index is 12.4. The number of aliphatic hydroxyl groups is 2. The van der Waals surface area contributed by atoms with E-state index < -0.39 is 11.7 Å². The van der Waals surface area contributed by atoms with Gasteiger partial charge in [0.15, 0.2) is 6.29 Å². The van der Waals surface area contributed by atoms with Gasteiger partial charge in [0.25, 0.3) is 0 Å². The van der Waals surface area contributed by atoms with Crippen molar-refractivity contribution in [3.63, 3.8) is 0 Å². The van der Waals surface area contributed by atoms with Crippen LogP contribution >= 0.6 is 0 Å². The molecule has 11 atom stereocenters. The number of cyclic esters (lactones) is 1. The minimum Gasteiger partial charge on any atom is -0.458 e. The Balaban J connectivity index is 1.15. The van der Waals surface area contributed by atoms with Crippen LogP contribution in [0.1, 0.15) is 78.1 Å². The third kappa shape index (κ3) is 3.75. The fraction of sp³-hybridized carbons (Fsp3) is 0.897. The Labute approximate surface area is 214 Å². The van der Waals surface area contributed by atoms with Gasteiger partial charge in [-0.2, -0.15) is 0 Å². The SMILES string of the molecule is COC1CC(O[C@H]2CC[C@@]3(C)C(CCC4C3CC[C@]3(C)[C@@H](C5=CC(=O)OC5)CC[C@]43O)C2)OCC1O. The predicted octanol–water partition coefficient (Wildman–Crippen LogP) is 3.75. The monoisotopic (exact) mass is 504 g/mol. The summed E-state index contributed by atoms with van der Waals surface area (Å²) in [6, 6.07) is 0. The Morgan fingerprint density at radius 1 is 1.03 bits per heavy atom. The molecule has 6 unspecified atom stereocenters. The van der Waals surface area contributed by atoms with Crippen LogP contribution < -0.4 is 0 Å². The number of hydrogen-bond acceptors (Lipinski definition) is 7. The lowest BCUT2D eigenvalue weighted by atomic mass is 9.43. The molecule has 0 radical (unpaired) electrons. The highest BCUT2D eigenvalue weighted by Gasteiger charge is 2.67. The lowest BCUT2D eigenvalue weighted by molar-refractivity contribution is -0.253. The molecule has 0 amide bonds. The molecule has 0 bridgehead atoms. The van der Waals surface area contributed by atoms with Crippen LogP contribution in [0.25, 0.3) is 0 Å². The van der Waals surface area contributed by atoms with Crippen molar-refractivity contribution in [3.05, 3.63) is 11.6 Å². The van der Waals surface area contributed by atoms with Crippen molar-refractivity contribution in [1.82, 2.24) is 0 Å². The van der Waals surface area contributed by atoms with Crippen LogP contribution in [0.2, 0.25) is 0 Å². The van der Waals surface area contributed by atoms with E-state index in [9.17, 15) is 15.0 Å². The van der Waals surface area contributed by atoms with E-state index in [2.05, 4.69) is 13.8 Å². The van der Waals surface area contributed by atoms with E-state index in [4.69, 9.17) is 18.9 Å². The highest BCUT2D eigenvalue weighted by atomic mass is 16.7. The largest absolute Gasteiger partial charge is 0.458 e. The van der Waals surface area contributed by atoms with Gasteiger partial charge in [0.1, 0.15) is 12.7 Å². The second kappa shape index (κ2) is 9.04. The second-order valence-corrected chi connectivity index (χ2v) is 13.2. The van der Waals surface area contributed by atoms with E-state index in [0.717, 1.165) is 63.4 Å². The van der Waals surface area contributed by atoms with Crippen LogP contribution in [0.15, 0.2) is 11.6 Å². The molecule has 5 fully saturated rings. The first-order valence-electron chi connectivity index (χ1n) is 14.3. The second-order valence-electron chi connectivity index (χ2n) is 13.2. The van der Waals surface area contributed by atoms with Crippen LogP contribution in [0.5, 0.6) is 0 Å². The fourth-order valence-corrected chi connectivity index (χ4v) is 9.78. The standard InChI is InChI=1S/C29H44O7/c1-27-9-6-19(36-26-14-24(33-3)23(30)16-35-26)13-18(27)4-5-22-21(27)7-10-28(2)20(8-11-29(22,28)32)17-12-25(31)34-15-17/h12,18-24,26,30,32H,4-11,13-16H2,1-3H3/t18?,19-,20+,21?,22?,23?,24?,26?,27-,28+,29-/m0/s1. The van der Waals surface area contributed by atoms with Gasteiger partial charge < -0.3 is 29.2 Å². The number of methoxy groups -OCH3 is 1. The van der Waals surface area contributed by atoms with Crippen LogP contribution in [0.3, 0.4) is 0 Å². The molecule has 36 heavy (non-hydrogen) atoms. The topological polar surface area (TPSA) is 94.5 Å². The molecule has 7 heteroatoms. The Morgan fingerprint density at radius 2 is 1.86 bits per heavy atom. The maximum absolute atomic E-state index is 12.4. The van der Waals surface area contributed by atoms with E-state index in [0.29, 0.717) is 30.8 Å². The number of fused-ring (bicyclic) bond motifs is 5. The highest BCUT2D eigenvalue weighted by molar-refractivity contribution is 5.85. The first-order chi connectivity index (χ1) is 17.2. The summed E-state index contributed by atoms with van der Waals surface area (Å²) in [6.45, 7) is 5.44. The maximum Gasteiger partial charge on any atom is 0.331 e. The molecular formula is C29H44O7. The molecule has 4 saturated carbocycles. The van der Waals surface area contributed by atoms with E-state index in [-0.39, 0.29) is 47.8 Å². The van der Waals surface area contributed by atoms with Crippen molar-refractivity contribution >= 4 is 5.97 Å². The predicted molar refractivity (Wildman–Crippen MR) is 132 cm³/mol. The van der Waals surface area contributed by atoms with Crippen molar-refractivity contribution in [2.24, 2.45) is 34.5 Å².